The monoisotopic (exact) mass is 271 g/mol. The lowest BCUT2D eigenvalue weighted by Crippen LogP contribution is -2.37. The fourth-order valence-corrected chi connectivity index (χ4v) is 1.99. The number of aryl methyl sites for hydroxylation is 2. The van der Waals surface area contributed by atoms with Crippen molar-refractivity contribution in [3.8, 4) is 5.75 Å². The van der Waals surface area contributed by atoms with Crippen molar-refractivity contribution in [2.45, 2.75) is 26.9 Å². The van der Waals surface area contributed by atoms with E-state index in [4.69, 9.17) is 4.74 Å². The van der Waals surface area contributed by atoms with E-state index < -0.39 is 12.1 Å². The van der Waals surface area contributed by atoms with Gasteiger partial charge in [-0.25, -0.2) is 0 Å². The molecule has 3 nitrogen and oxygen atoms in total. The average molecular weight is 272 g/mol. The van der Waals surface area contributed by atoms with Crippen molar-refractivity contribution in [3.05, 3.63) is 27.7 Å². The smallest absolute Gasteiger partial charge is 0.135 e. The van der Waals surface area contributed by atoms with Gasteiger partial charge < -0.3 is 14.6 Å². The topological polar surface area (TPSA) is 49.4 Å². The molecule has 0 aliphatic heterocycles. The van der Waals surface area contributed by atoms with Crippen molar-refractivity contribution < 1.29 is 14.6 Å². The molecule has 0 fully saturated rings. The Morgan fingerprint density at radius 2 is 1.87 bits per heavy atom. The van der Waals surface area contributed by atoms with E-state index in [9.17, 15) is 9.90 Å². The van der Waals surface area contributed by atoms with Crippen molar-refractivity contribution in [1.82, 2.24) is 0 Å². The molecule has 0 bridgehead atoms. The van der Waals surface area contributed by atoms with Crippen LogP contribution in [0.1, 0.15) is 18.1 Å². The first-order chi connectivity index (χ1) is 6.91. The van der Waals surface area contributed by atoms with Crippen LogP contribution in [0, 0.1) is 13.8 Å². The number of hydrogen-bond donors (Lipinski definition) is 0. The Morgan fingerprint density at radius 3 is 2.27 bits per heavy atom. The number of carboxylic acid groups (broad SMARTS) is 1. The molecular weight excluding hydrogens is 260 g/mol. The van der Waals surface area contributed by atoms with Gasteiger partial charge in [0.25, 0.3) is 0 Å². The zero-order valence-corrected chi connectivity index (χ0v) is 10.4. The summed E-state index contributed by atoms with van der Waals surface area (Å²) in [5.74, 6) is -0.605. The second-order valence-electron chi connectivity index (χ2n) is 3.45. The van der Waals surface area contributed by atoms with Gasteiger partial charge in [0.1, 0.15) is 11.9 Å². The van der Waals surface area contributed by atoms with Crippen LogP contribution in [-0.4, -0.2) is 12.1 Å². The van der Waals surface area contributed by atoms with Crippen molar-refractivity contribution in [2.75, 3.05) is 0 Å². The number of benzene rings is 1. The first-order valence-electron chi connectivity index (χ1n) is 4.56. The molecule has 1 atom stereocenters. The Morgan fingerprint density at radius 1 is 1.40 bits per heavy atom. The number of carbonyl (C=O) groups excluding carboxylic acids is 1. The number of aliphatic carboxylic acids is 1. The molecular formula is C11H12BrO3-. The van der Waals surface area contributed by atoms with Gasteiger partial charge in [-0.3, -0.25) is 0 Å². The number of halogens is 1. The molecule has 0 spiro atoms. The largest absolute Gasteiger partial charge is 0.546 e. The molecule has 0 heterocycles. The van der Waals surface area contributed by atoms with Gasteiger partial charge in [-0.2, -0.15) is 0 Å². The van der Waals surface area contributed by atoms with Gasteiger partial charge in [-0.15, -0.1) is 0 Å². The highest BCUT2D eigenvalue weighted by Crippen LogP contribution is 2.27. The van der Waals surface area contributed by atoms with Crippen LogP contribution in [0.3, 0.4) is 0 Å². The van der Waals surface area contributed by atoms with E-state index in [1.165, 1.54) is 6.92 Å². The van der Waals surface area contributed by atoms with Crippen LogP contribution in [0.5, 0.6) is 5.75 Å². The molecule has 0 amide bonds. The molecule has 0 aliphatic rings. The Labute approximate surface area is 97.2 Å². The summed E-state index contributed by atoms with van der Waals surface area (Å²) >= 11 is 3.36. The quantitative estimate of drug-likeness (QED) is 0.839. The lowest BCUT2D eigenvalue weighted by Gasteiger charge is -2.19. The average Bonchev–Trinajstić information content (AvgIpc) is 2.10. The standard InChI is InChI=1S/C11H13BrO3/c1-6-4-9(12)5-7(2)10(6)15-8(3)11(13)14/h4-5,8H,1-3H3,(H,13,14)/p-1/t8-/m1/s1. The number of hydrogen-bond acceptors (Lipinski definition) is 3. The highest BCUT2D eigenvalue weighted by Gasteiger charge is 2.10. The van der Waals surface area contributed by atoms with Crippen LogP contribution >= 0.6 is 15.9 Å². The van der Waals surface area contributed by atoms with Gasteiger partial charge in [0.05, 0.1) is 5.97 Å². The van der Waals surface area contributed by atoms with Crippen molar-refractivity contribution in [3.63, 3.8) is 0 Å². The summed E-state index contributed by atoms with van der Waals surface area (Å²) in [5, 5.41) is 10.5. The predicted octanol–water partition coefficient (Wildman–Crippen LogP) is 1.58. The molecule has 0 aliphatic carbocycles. The predicted molar refractivity (Wildman–Crippen MR) is 58.7 cm³/mol. The summed E-state index contributed by atoms with van der Waals surface area (Å²) < 4.78 is 6.26. The van der Waals surface area contributed by atoms with Gasteiger partial charge in [-0.1, -0.05) is 15.9 Å². The van der Waals surface area contributed by atoms with E-state index in [1.807, 2.05) is 26.0 Å². The molecule has 1 aromatic rings. The molecule has 15 heavy (non-hydrogen) atoms. The Hall–Kier alpha value is -1.03. The Bertz CT molecular complexity index is 364. The van der Waals surface area contributed by atoms with Gasteiger partial charge in [0, 0.05) is 4.47 Å². The SMILES string of the molecule is Cc1cc(Br)cc(C)c1O[C@H](C)C(=O)[O-]. The maximum Gasteiger partial charge on any atom is 0.135 e. The second kappa shape index (κ2) is 4.66. The molecule has 0 N–H and O–H groups in total. The highest BCUT2D eigenvalue weighted by atomic mass is 79.9. The third-order valence-electron chi connectivity index (χ3n) is 2.05. The lowest BCUT2D eigenvalue weighted by molar-refractivity contribution is -0.312. The van der Waals surface area contributed by atoms with E-state index in [1.54, 1.807) is 0 Å². The first-order valence-corrected chi connectivity index (χ1v) is 5.35. The van der Waals surface area contributed by atoms with E-state index in [0.29, 0.717) is 5.75 Å². The molecule has 1 aromatic carbocycles. The van der Waals surface area contributed by atoms with Gasteiger partial charge >= 0.3 is 0 Å². The Kier molecular flexibility index (Phi) is 3.74. The maximum absolute atomic E-state index is 10.5. The first kappa shape index (κ1) is 12.0. The lowest BCUT2D eigenvalue weighted by atomic mass is 10.1. The number of carboxylic acids is 1. The molecule has 82 valence electrons. The zero-order chi connectivity index (χ0) is 11.6. The highest BCUT2D eigenvalue weighted by molar-refractivity contribution is 9.10. The minimum Gasteiger partial charge on any atom is -0.546 e. The van der Waals surface area contributed by atoms with Crippen molar-refractivity contribution in [1.29, 1.82) is 0 Å². The summed E-state index contributed by atoms with van der Waals surface area (Å²) in [6.07, 6.45) is -0.941. The van der Waals surface area contributed by atoms with Crippen LogP contribution in [0.2, 0.25) is 0 Å². The van der Waals surface area contributed by atoms with Crippen LogP contribution < -0.4 is 9.84 Å². The van der Waals surface area contributed by atoms with Crippen molar-refractivity contribution >= 4 is 21.9 Å². The van der Waals surface area contributed by atoms with E-state index in [0.717, 1.165) is 15.6 Å². The Balaban J connectivity index is 3.00. The zero-order valence-electron chi connectivity index (χ0n) is 8.83. The summed E-state index contributed by atoms with van der Waals surface area (Å²) in [7, 11) is 0. The normalized spacial score (nSPS) is 12.3. The minimum absolute atomic E-state index is 0.606. The van der Waals surface area contributed by atoms with E-state index in [-0.39, 0.29) is 0 Å². The van der Waals surface area contributed by atoms with Crippen LogP contribution in [0.4, 0.5) is 0 Å². The van der Waals surface area contributed by atoms with Crippen LogP contribution in [-0.2, 0) is 4.79 Å². The maximum atomic E-state index is 10.5. The van der Waals surface area contributed by atoms with E-state index in [2.05, 4.69) is 15.9 Å². The number of rotatable bonds is 3. The van der Waals surface area contributed by atoms with Gasteiger partial charge in [0.2, 0.25) is 0 Å². The molecule has 0 saturated heterocycles. The minimum atomic E-state index is -1.21. The summed E-state index contributed by atoms with van der Waals surface area (Å²) in [6, 6.07) is 3.76. The molecule has 4 heteroatoms. The summed E-state index contributed by atoms with van der Waals surface area (Å²) in [6.45, 7) is 5.19. The third-order valence-corrected chi connectivity index (χ3v) is 2.51. The molecule has 0 radical (unpaired) electrons. The molecule has 0 aromatic heterocycles. The number of carbonyl (C=O) groups is 1. The van der Waals surface area contributed by atoms with Gasteiger partial charge in [0.15, 0.2) is 0 Å². The van der Waals surface area contributed by atoms with Crippen LogP contribution in [0.15, 0.2) is 16.6 Å². The fourth-order valence-electron chi connectivity index (χ4n) is 1.31. The molecule has 0 unspecified atom stereocenters. The third kappa shape index (κ3) is 2.96. The summed E-state index contributed by atoms with van der Waals surface area (Å²) in [5.41, 5.74) is 1.80. The van der Waals surface area contributed by atoms with Crippen molar-refractivity contribution in [2.24, 2.45) is 0 Å². The molecule has 0 saturated carbocycles. The van der Waals surface area contributed by atoms with Gasteiger partial charge in [-0.05, 0) is 44.0 Å². The van der Waals surface area contributed by atoms with E-state index >= 15 is 0 Å². The number of ether oxygens (including phenoxy) is 1. The van der Waals surface area contributed by atoms with Crippen LogP contribution in [0.25, 0.3) is 0 Å². The molecule has 1 rings (SSSR count). The fraction of sp³-hybridized carbons (Fsp3) is 0.364. The second-order valence-corrected chi connectivity index (χ2v) is 4.36. The summed E-state index contributed by atoms with van der Waals surface area (Å²) in [4.78, 5) is 10.5.